The second kappa shape index (κ2) is 5.53. The van der Waals surface area contributed by atoms with Crippen molar-refractivity contribution in [1.29, 1.82) is 0 Å². The van der Waals surface area contributed by atoms with Gasteiger partial charge in [0.25, 0.3) is 0 Å². The largest absolute Gasteiger partial charge is 0.473 e. The molecule has 0 aliphatic heterocycles. The molecule has 1 saturated carbocycles. The fourth-order valence-corrected chi connectivity index (χ4v) is 3.23. The molecule has 4 aromatic rings. The first kappa shape index (κ1) is 14.4. The molecule has 6 nitrogen and oxygen atoms in total. The normalized spacial score (nSPS) is 19.9. The third kappa shape index (κ3) is 2.51. The van der Waals surface area contributed by atoms with E-state index < -0.39 is 0 Å². The van der Waals surface area contributed by atoms with Gasteiger partial charge in [-0.1, -0.05) is 12.1 Å². The highest BCUT2D eigenvalue weighted by Crippen LogP contribution is 2.27. The highest BCUT2D eigenvalue weighted by molar-refractivity contribution is 5.86. The van der Waals surface area contributed by atoms with E-state index >= 15 is 0 Å². The van der Waals surface area contributed by atoms with E-state index in [4.69, 9.17) is 10.5 Å². The van der Waals surface area contributed by atoms with Crippen molar-refractivity contribution in [2.75, 3.05) is 0 Å². The number of imidazole rings is 1. The number of benzene rings is 1. The molecule has 2 N–H and O–H groups in total. The van der Waals surface area contributed by atoms with Gasteiger partial charge in [0.2, 0.25) is 5.88 Å². The molecule has 124 valence electrons. The van der Waals surface area contributed by atoms with Crippen LogP contribution >= 0.6 is 0 Å². The lowest BCUT2D eigenvalue weighted by Crippen LogP contribution is -2.43. The van der Waals surface area contributed by atoms with Crippen LogP contribution in [0, 0.1) is 0 Å². The maximum atomic E-state index is 5.91. The third-order valence-electron chi connectivity index (χ3n) is 4.69. The van der Waals surface area contributed by atoms with Gasteiger partial charge in [-0.2, -0.15) is 0 Å². The lowest BCUT2D eigenvalue weighted by atomic mass is 9.90. The predicted molar refractivity (Wildman–Crippen MR) is 95.3 cm³/mol. The van der Waals surface area contributed by atoms with Crippen LogP contribution in [-0.2, 0) is 0 Å². The van der Waals surface area contributed by atoms with Gasteiger partial charge in [0, 0.05) is 35.5 Å². The van der Waals surface area contributed by atoms with Crippen LogP contribution < -0.4 is 10.5 Å². The van der Waals surface area contributed by atoms with E-state index in [-0.39, 0.29) is 12.1 Å². The summed E-state index contributed by atoms with van der Waals surface area (Å²) in [5.74, 6) is 0.605. The van der Waals surface area contributed by atoms with E-state index in [1.54, 1.807) is 6.20 Å². The molecule has 0 radical (unpaired) electrons. The molecular formula is C19H17N5O. The number of fused-ring (bicyclic) bond motifs is 2. The lowest BCUT2D eigenvalue weighted by molar-refractivity contribution is 0.0944. The monoisotopic (exact) mass is 331 g/mol. The second-order valence-electron chi connectivity index (χ2n) is 6.49. The maximum Gasteiger partial charge on any atom is 0.232 e. The third-order valence-corrected chi connectivity index (χ3v) is 4.69. The smallest absolute Gasteiger partial charge is 0.232 e. The summed E-state index contributed by atoms with van der Waals surface area (Å²) in [7, 11) is 0. The summed E-state index contributed by atoms with van der Waals surface area (Å²) in [6.07, 6.45) is 7.44. The molecule has 1 aromatic carbocycles. The van der Waals surface area contributed by atoms with Crippen molar-refractivity contribution in [3.05, 3.63) is 55.0 Å². The van der Waals surface area contributed by atoms with Crippen molar-refractivity contribution in [1.82, 2.24) is 19.6 Å². The van der Waals surface area contributed by atoms with Crippen LogP contribution in [0.3, 0.4) is 0 Å². The summed E-state index contributed by atoms with van der Waals surface area (Å²) in [5, 5.41) is 6.86. The van der Waals surface area contributed by atoms with E-state index in [0.29, 0.717) is 5.88 Å². The number of rotatable bonds is 3. The molecule has 3 heterocycles. The molecular weight excluding hydrogens is 314 g/mol. The van der Waals surface area contributed by atoms with Crippen LogP contribution in [0.15, 0.2) is 55.0 Å². The number of ether oxygens (including phenoxy) is 1. The van der Waals surface area contributed by atoms with Crippen LogP contribution in [0.1, 0.15) is 12.8 Å². The molecule has 0 atom stereocenters. The van der Waals surface area contributed by atoms with E-state index in [9.17, 15) is 0 Å². The Hall–Kier alpha value is -2.99. The minimum Gasteiger partial charge on any atom is -0.473 e. The first-order valence-corrected chi connectivity index (χ1v) is 8.37. The summed E-state index contributed by atoms with van der Waals surface area (Å²) in [6.45, 7) is 0. The summed E-state index contributed by atoms with van der Waals surface area (Å²) in [4.78, 5) is 8.61. The van der Waals surface area contributed by atoms with E-state index in [1.165, 1.54) is 0 Å². The molecule has 3 aromatic heterocycles. The number of pyridine rings is 1. The summed E-state index contributed by atoms with van der Waals surface area (Å²) >= 11 is 0. The van der Waals surface area contributed by atoms with E-state index in [0.717, 1.165) is 40.5 Å². The Bertz CT molecular complexity index is 1070. The van der Waals surface area contributed by atoms with Gasteiger partial charge in [0.15, 0.2) is 5.65 Å². The zero-order chi connectivity index (χ0) is 16.8. The van der Waals surface area contributed by atoms with Gasteiger partial charge in [-0.15, -0.1) is 5.10 Å². The number of nitrogens with zero attached hydrogens (tertiary/aromatic N) is 4. The fraction of sp³-hybridized carbons (Fsp3) is 0.211. The number of aromatic nitrogens is 4. The molecule has 6 heteroatoms. The average molecular weight is 331 g/mol. The van der Waals surface area contributed by atoms with E-state index in [1.807, 2.05) is 35.1 Å². The molecule has 1 fully saturated rings. The first-order chi connectivity index (χ1) is 12.3. The van der Waals surface area contributed by atoms with Crippen molar-refractivity contribution in [3.63, 3.8) is 0 Å². The van der Waals surface area contributed by atoms with Gasteiger partial charge < -0.3 is 10.5 Å². The molecule has 0 saturated heterocycles. The van der Waals surface area contributed by atoms with Crippen molar-refractivity contribution >= 4 is 16.4 Å². The Labute approximate surface area is 144 Å². The minimum atomic E-state index is 0.167. The van der Waals surface area contributed by atoms with Gasteiger partial charge in [-0.25, -0.2) is 9.50 Å². The van der Waals surface area contributed by atoms with Crippen LogP contribution in [0.25, 0.3) is 27.7 Å². The number of hydrogen-bond acceptors (Lipinski definition) is 5. The topological polar surface area (TPSA) is 78.3 Å². The average Bonchev–Trinajstić information content (AvgIpc) is 3.03. The Balaban J connectivity index is 1.55. The zero-order valence-corrected chi connectivity index (χ0v) is 13.5. The predicted octanol–water partition coefficient (Wildman–Crippen LogP) is 2.81. The molecule has 25 heavy (non-hydrogen) atoms. The standard InChI is InChI=1S/C19H17N5O/c20-15-8-16(9-15)25-19-4-3-18-22-11-17(24(18)23-19)13-1-2-14-10-21-6-5-12(14)7-13/h1-7,10-11,15-16H,8-9,20H2. The van der Waals surface area contributed by atoms with Crippen LogP contribution in [0.2, 0.25) is 0 Å². The summed E-state index contributed by atoms with van der Waals surface area (Å²) in [5.41, 5.74) is 8.61. The molecule has 0 unspecified atom stereocenters. The van der Waals surface area contributed by atoms with Crippen LogP contribution in [0.4, 0.5) is 0 Å². The van der Waals surface area contributed by atoms with Crippen molar-refractivity contribution < 1.29 is 4.74 Å². The maximum absolute atomic E-state index is 5.91. The highest BCUT2D eigenvalue weighted by Gasteiger charge is 2.28. The Kier molecular flexibility index (Phi) is 3.18. The van der Waals surface area contributed by atoms with Crippen molar-refractivity contribution in [2.24, 2.45) is 5.73 Å². The SMILES string of the molecule is NC1CC(Oc2ccc3ncc(-c4ccc5cnccc5c4)n3n2)C1. The summed E-state index contributed by atoms with van der Waals surface area (Å²) < 4.78 is 7.74. The van der Waals surface area contributed by atoms with E-state index in [2.05, 4.69) is 33.3 Å². The number of hydrogen-bond donors (Lipinski definition) is 1. The Morgan fingerprint density at radius 2 is 1.96 bits per heavy atom. The molecule has 5 rings (SSSR count). The second-order valence-corrected chi connectivity index (χ2v) is 6.49. The quantitative estimate of drug-likeness (QED) is 0.624. The van der Waals surface area contributed by atoms with Crippen molar-refractivity contribution in [3.8, 4) is 17.1 Å². The molecule has 1 aliphatic rings. The van der Waals surface area contributed by atoms with Crippen LogP contribution in [0.5, 0.6) is 5.88 Å². The zero-order valence-electron chi connectivity index (χ0n) is 13.5. The Morgan fingerprint density at radius 3 is 2.84 bits per heavy atom. The number of nitrogens with two attached hydrogens (primary N) is 1. The van der Waals surface area contributed by atoms with Gasteiger partial charge in [0.05, 0.1) is 11.9 Å². The molecule has 1 aliphatic carbocycles. The lowest BCUT2D eigenvalue weighted by Gasteiger charge is -2.31. The van der Waals surface area contributed by atoms with Crippen LogP contribution in [-0.4, -0.2) is 31.7 Å². The molecule has 0 spiro atoms. The fourth-order valence-electron chi connectivity index (χ4n) is 3.23. The molecule has 0 bridgehead atoms. The first-order valence-electron chi connectivity index (χ1n) is 8.37. The Morgan fingerprint density at radius 1 is 1.04 bits per heavy atom. The van der Waals surface area contributed by atoms with Crippen molar-refractivity contribution in [2.45, 2.75) is 25.0 Å². The summed E-state index contributed by atoms with van der Waals surface area (Å²) in [6, 6.07) is 12.3. The van der Waals surface area contributed by atoms with Gasteiger partial charge in [0.1, 0.15) is 6.10 Å². The van der Waals surface area contributed by atoms with Gasteiger partial charge in [-0.3, -0.25) is 4.98 Å². The van der Waals surface area contributed by atoms with Gasteiger partial charge >= 0.3 is 0 Å². The molecule has 0 amide bonds. The highest BCUT2D eigenvalue weighted by atomic mass is 16.5. The minimum absolute atomic E-state index is 0.167. The van der Waals surface area contributed by atoms with Gasteiger partial charge in [-0.05, 0) is 36.4 Å².